The third kappa shape index (κ3) is 3.90. The Hall–Kier alpha value is -3.46. The highest BCUT2D eigenvalue weighted by atomic mass is 16.1. The molecule has 1 heterocycles. The number of rotatable bonds is 6. The minimum atomic E-state index is -0.386. The molecule has 29 heavy (non-hydrogen) atoms. The molecule has 1 aliphatic carbocycles. The molecule has 0 unspecified atom stereocenters. The lowest BCUT2D eigenvalue weighted by Gasteiger charge is -2.18. The zero-order chi connectivity index (χ0) is 20.2. The topological polar surface area (TPSA) is 42.0 Å². The number of nitrogens with zero attached hydrogens (tertiary/aromatic N) is 1. The van der Waals surface area contributed by atoms with Crippen molar-refractivity contribution in [3.63, 3.8) is 0 Å². The van der Waals surface area contributed by atoms with E-state index in [0.29, 0.717) is 11.4 Å². The van der Waals surface area contributed by atoms with Gasteiger partial charge in [0.25, 0.3) is 0 Å². The van der Waals surface area contributed by atoms with Crippen molar-refractivity contribution in [2.24, 2.45) is 0 Å². The van der Waals surface area contributed by atoms with Crippen LogP contribution in [0.4, 0.5) is 5.82 Å². The second-order valence-corrected chi connectivity index (χ2v) is 7.46. The highest BCUT2D eigenvalue weighted by Gasteiger charge is 2.31. The highest BCUT2D eigenvalue weighted by Crippen LogP contribution is 2.37. The number of carbonyl (C=O) groups excluding carboxylic acids is 1. The van der Waals surface area contributed by atoms with Gasteiger partial charge in [0.15, 0.2) is 5.78 Å². The fraction of sp³-hybridized carbons (Fsp3) is 0.154. The molecule has 2 aromatic rings. The van der Waals surface area contributed by atoms with Gasteiger partial charge in [-0.1, -0.05) is 84.9 Å². The van der Waals surface area contributed by atoms with Crippen LogP contribution in [0.1, 0.15) is 41.3 Å². The molecular formula is C26H24N2O. The molecule has 0 fully saturated rings. The van der Waals surface area contributed by atoms with Crippen molar-refractivity contribution >= 4 is 11.6 Å². The van der Waals surface area contributed by atoms with Gasteiger partial charge in [0.2, 0.25) is 0 Å². The Kier molecular flexibility index (Phi) is 5.39. The summed E-state index contributed by atoms with van der Waals surface area (Å²) in [5.74, 6) is 0.324. The molecule has 0 radical (unpaired) electrons. The molecule has 0 atom stereocenters. The van der Waals surface area contributed by atoms with E-state index < -0.39 is 0 Å². The summed E-state index contributed by atoms with van der Waals surface area (Å²) in [4.78, 5) is 18.8. The molecule has 0 bridgehead atoms. The quantitative estimate of drug-likeness (QED) is 0.416. The monoisotopic (exact) mass is 380 g/mol. The first-order valence-corrected chi connectivity index (χ1v) is 9.94. The average Bonchev–Trinajstić information content (AvgIpc) is 2.89. The van der Waals surface area contributed by atoms with Gasteiger partial charge in [0, 0.05) is 11.6 Å². The van der Waals surface area contributed by atoms with Crippen molar-refractivity contribution < 1.29 is 4.79 Å². The minimum Gasteiger partial charge on any atom is -0.367 e. The summed E-state index contributed by atoms with van der Waals surface area (Å²) in [5, 5.41) is 3.38. The first-order chi connectivity index (χ1) is 14.1. The summed E-state index contributed by atoms with van der Waals surface area (Å²) in [6.45, 7) is 4.11. The maximum absolute atomic E-state index is 14.0. The first-order valence-electron chi connectivity index (χ1n) is 9.94. The molecule has 0 saturated carbocycles. The summed E-state index contributed by atoms with van der Waals surface area (Å²) >= 11 is 0. The Labute approximate surface area is 171 Å². The molecular weight excluding hydrogens is 356 g/mol. The zero-order valence-corrected chi connectivity index (χ0v) is 16.7. The Bertz CT molecular complexity index is 1030. The summed E-state index contributed by atoms with van der Waals surface area (Å²) in [5.41, 5.74) is 4.31. The normalized spacial score (nSPS) is 11.2. The Balaban J connectivity index is 1.90. The number of fused-ring (bicyclic) bond motifs is 1. The van der Waals surface area contributed by atoms with Crippen molar-refractivity contribution in [1.82, 2.24) is 4.98 Å². The van der Waals surface area contributed by atoms with E-state index in [1.165, 1.54) is 0 Å². The number of hydrogen-bond donors (Lipinski definition) is 1. The number of anilines is 1. The van der Waals surface area contributed by atoms with Crippen LogP contribution in [0.3, 0.4) is 0 Å². The zero-order valence-electron chi connectivity index (χ0n) is 16.7. The van der Waals surface area contributed by atoms with Crippen LogP contribution in [0.5, 0.6) is 0 Å². The number of aromatic nitrogens is 1. The van der Waals surface area contributed by atoms with Crippen LogP contribution in [0, 0.1) is 0 Å². The number of carbonyl (C=O) groups is 1. The summed E-state index contributed by atoms with van der Waals surface area (Å²) < 4.78 is 0. The van der Waals surface area contributed by atoms with Gasteiger partial charge in [-0.15, -0.1) is 0 Å². The van der Waals surface area contributed by atoms with E-state index in [-0.39, 0.29) is 17.7 Å². The van der Waals surface area contributed by atoms with Crippen molar-refractivity contribution in [3.05, 3.63) is 108 Å². The Morgan fingerprint density at radius 1 is 0.759 bits per heavy atom. The molecule has 4 rings (SSSR count). The maximum Gasteiger partial charge on any atom is 0.179 e. The molecule has 3 nitrogen and oxygen atoms in total. The van der Waals surface area contributed by atoms with Crippen LogP contribution in [0.15, 0.2) is 91.0 Å². The van der Waals surface area contributed by atoms with E-state index in [9.17, 15) is 4.79 Å². The molecule has 0 amide bonds. The average molecular weight is 380 g/mol. The van der Waals surface area contributed by atoms with E-state index in [1.807, 2.05) is 91.0 Å². The maximum atomic E-state index is 14.0. The van der Waals surface area contributed by atoms with Crippen molar-refractivity contribution in [1.29, 1.82) is 0 Å². The van der Waals surface area contributed by atoms with Crippen LogP contribution in [-0.4, -0.2) is 16.8 Å². The molecule has 1 N–H and O–H groups in total. The van der Waals surface area contributed by atoms with Gasteiger partial charge < -0.3 is 5.32 Å². The van der Waals surface area contributed by atoms with Gasteiger partial charge in [-0.05, 0) is 31.0 Å². The Morgan fingerprint density at radius 2 is 1.28 bits per heavy atom. The number of hydrogen-bond acceptors (Lipinski definition) is 3. The standard InChI is InChI=1S/C26H24N2O/c1-18(2)27-26-24(21-16-10-5-11-17-22(21)28-26)25(29)23(19-12-6-3-7-13-19)20-14-8-4-9-15-20/h3-18,23H,1-2H3,(H,27,28). The summed E-state index contributed by atoms with van der Waals surface area (Å²) in [6, 6.07) is 29.9. The fourth-order valence-corrected chi connectivity index (χ4v) is 3.71. The van der Waals surface area contributed by atoms with Gasteiger partial charge in [-0.2, -0.15) is 0 Å². The number of nitrogens with one attached hydrogen (secondary N) is 1. The molecule has 2 aliphatic rings. The molecule has 0 saturated heterocycles. The SMILES string of the molecule is CC(C)Nc1nc2cccccc-2c1C(=O)C(c1ccccc1)c1ccccc1. The smallest absolute Gasteiger partial charge is 0.179 e. The van der Waals surface area contributed by atoms with E-state index in [4.69, 9.17) is 4.98 Å². The van der Waals surface area contributed by atoms with E-state index in [1.54, 1.807) is 0 Å². The predicted octanol–water partition coefficient (Wildman–Crippen LogP) is 6.02. The van der Waals surface area contributed by atoms with Gasteiger partial charge >= 0.3 is 0 Å². The second-order valence-electron chi connectivity index (χ2n) is 7.46. The van der Waals surface area contributed by atoms with Crippen molar-refractivity contribution in [2.75, 3.05) is 5.32 Å². The van der Waals surface area contributed by atoms with Crippen LogP contribution in [0.25, 0.3) is 11.3 Å². The molecule has 144 valence electrons. The minimum absolute atomic E-state index is 0.0549. The molecule has 0 aromatic heterocycles. The third-order valence-corrected chi connectivity index (χ3v) is 4.95. The summed E-state index contributed by atoms with van der Waals surface area (Å²) in [6.07, 6.45) is 0. The first kappa shape index (κ1) is 18.9. The van der Waals surface area contributed by atoms with Crippen LogP contribution in [0.2, 0.25) is 0 Å². The number of Topliss-reactive ketones (excluding diaryl/α,β-unsaturated/α-hetero) is 1. The number of ketones is 1. The number of benzene rings is 2. The van der Waals surface area contributed by atoms with Crippen LogP contribution < -0.4 is 5.32 Å². The lowest BCUT2D eigenvalue weighted by molar-refractivity contribution is 0.0975. The fourth-order valence-electron chi connectivity index (χ4n) is 3.71. The lowest BCUT2D eigenvalue weighted by Crippen LogP contribution is -2.18. The predicted molar refractivity (Wildman–Crippen MR) is 119 cm³/mol. The van der Waals surface area contributed by atoms with Gasteiger partial charge in [0.05, 0.1) is 17.2 Å². The summed E-state index contributed by atoms with van der Waals surface area (Å²) in [7, 11) is 0. The van der Waals surface area contributed by atoms with Crippen LogP contribution in [-0.2, 0) is 0 Å². The molecule has 3 heteroatoms. The molecule has 0 spiro atoms. The van der Waals surface area contributed by atoms with Crippen molar-refractivity contribution in [3.8, 4) is 11.3 Å². The molecule has 1 aliphatic heterocycles. The lowest BCUT2D eigenvalue weighted by atomic mass is 9.84. The van der Waals surface area contributed by atoms with E-state index >= 15 is 0 Å². The van der Waals surface area contributed by atoms with Crippen molar-refractivity contribution in [2.45, 2.75) is 25.8 Å². The largest absolute Gasteiger partial charge is 0.367 e. The third-order valence-electron chi connectivity index (χ3n) is 4.95. The van der Waals surface area contributed by atoms with Crippen LogP contribution >= 0.6 is 0 Å². The van der Waals surface area contributed by atoms with Gasteiger partial charge in [0.1, 0.15) is 5.82 Å². The Morgan fingerprint density at radius 3 is 1.83 bits per heavy atom. The molecule has 2 aromatic carbocycles. The van der Waals surface area contributed by atoms with Gasteiger partial charge in [-0.3, -0.25) is 4.79 Å². The van der Waals surface area contributed by atoms with E-state index in [0.717, 1.165) is 22.4 Å². The highest BCUT2D eigenvalue weighted by molar-refractivity contribution is 6.12. The second kappa shape index (κ2) is 8.27. The van der Waals surface area contributed by atoms with Gasteiger partial charge in [-0.25, -0.2) is 4.98 Å². The van der Waals surface area contributed by atoms with E-state index in [2.05, 4.69) is 19.2 Å².